The predicted octanol–water partition coefficient (Wildman–Crippen LogP) is 1.23. The predicted molar refractivity (Wildman–Crippen MR) is 56.1 cm³/mol. The SMILES string of the molecule is CCOCCCNCc1cn[nH]c1C. The van der Waals surface area contributed by atoms with Crippen LogP contribution in [0.5, 0.6) is 0 Å². The molecule has 0 aliphatic rings. The highest BCUT2D eigenvalue weighted by Gasteiger charge is 1.98. The molecule has 4 heteroatoms. The van der Waals surface area contributed by atoms with E-state index in [1.165, 1.54) is 5.56 Å². The lowest BCUT2D eigenvalue weighted by Gasteiger charge is -2.03. The molecular formula is C10H19N3O. The second-order valence-corrected chi connectivity index (χ2v) is 3.25. The van der Waals surface area contributed by atoms with E-state index >= 15 is 0 Å². The molecule has 1 aromatic rings. The van der Waals surface area contributed by atoms with Crippen LogP contribution >= 0.6 is 0 Å². The highest BCUT2D eigenvalue weighted by molar-refractivity contribution is 5.13. The van der Waals surface area contributed by atoms with Crippen molar-refractivity contribution >= 4 is 0 Å². The molecule has 1 heterocycles. The van der Waals surface area contributed by atoms with E-state index in [0.717, 1.165) is 38.4 Å². The van der Waals surface area contributed by atoms with Gasteiger partial charge in [0.15, 0.2) is 0 Å². The number of aromatic nitrogens is 2. The van der Waals surface area contributed by atoms with Crippen LogP contribution in [-0.4, -0.2) is 30.0 Å². The van der Waals surface area contributed by atoms with Crippen molar-refractivity contribution in [1.82, 2.24) is 15.5 Å². The number of hydrogen-bond donors (Lipinski definition) is 2. The van der Waals surface area contributed by atoms with Gasteiger partial charge in [-0.15, -0.1) is 0 Å². The van der Waals surface area contributed by atoms with Crippen LogP contribution < -0.4 is 5.32 Å². The number of rotatable bonds is 7. The van der Waals surface area contributed by atoms with E-state index < -0.39 is 0 Å². The summed E-state index contributed by atoms with van der Waals surface area (Å²) < 4.78 is 5.24. The Labute approximate surface area is 85.0 Å². The smallest absolute Gasteiger partial charge is 0.0535 e. The van der Waals surface area contributed by atoms with Crippen LogP contribution in [0.1, 0.15) is 24.6 Å². The number of aromatic amines is 1. The van der Waals surface area contributed by atoms with Gasteiger partial charge >= 0.3 is 0 Å². The molecule has 0 aliphatic carbocycles. The topological polar surface area (TPSA) is 49.9 Å². The summed E-state index contributed by atoms with van der Waals surface area (Å²) in [6.07, 6.45) is 2.93. The normalized spacial score (nSPS) is 10.7. The summed E-state index contributed by atoms with van der Waals surface area (Å²) in [6.45, 7) is 7.57. The lowest BCUT2D eigenvalue weighted by atomic mass is 10.2. The summed E-state index contributed by atoms with van der Waals surface area (Å²) in [5.74, 6) is 0. The van der Waals surface area contributed by atoms with Gasteiger partial charge in [0.1, 0.15) is 0 Å². The number of nitrogens with one attached hydrogen (secondary N) is 2. The van der Waals surface area contributed by atoms with Gasteiger partial charge in [0.25, 0.3) is 0 Å². The van der Waals surface area contributed by atoms with Crippen molar-refractivity contribution in [2.75, 3.05) is 19.8 Å². The molecule has 0 saturated heterocycles. The summed E-state index contributed by atoms with van der Waals surface area (Å²) in [5, 5.41) is 10.2. The monoisotopic (exact) mass is 197 g/mol. The zero-order valence-electron chi connectivity index (χ0n) is 8.97. The van der Waals surface area contributed by atoms with Crippen molar-refractivity contribution in [3.05, 3.63) is 17.5 Å². The Morgan fingerprint density at radius 3 is 3.07 bits per heavy atom. The van der Waals surface area contributed by atoms with Gasteiger partial charge in [-0.1, -0.05) is 0 Å². The van der Waals surface area contributed by atoms with Crippen LogP contribution in [0.2, 0.25) is 0 Å². The molecule has 0 saturated carbocycles. The maximum absolute atomic E-state index is 5.24. The zero-order valence-corrected chi connectivity index (χ0v) is 8.97. The molecule has 14 heavy (non-hydrogen) atoms. The van der Waals surface area contributed by atoms with E-state index in [1.807, 2.05) is 20.0 Å². The minimum Gasteiger partial charge on any atom is -0.382 e. The Hall–Kier alpha value is -0.870. The van der Waals surface area contributed by atoms with Crippen LogP contribution in [0.15, 0.2) is 6.20 Å². The standard InChI is InChI=1S/C10H19N3O/c1-3-14-6-4-5-11-7-10-8-12-13-9(10)2/h8,11H,3-7H2,1-2H3,(H,12,13). The molecule has 0 aliphatic heterocycles. The molecule has 0 radical (unpaired) electrons. The Bertz CT molecular complexity index is 247. The summed E-state index contributed by atoms with van der Waals surface area (Å²) >= 11 is 0. The van der Waals surface area contributed by atoms with Crippen molar-refractivity contribution in [2.45, 2.75) is 26.8 Å². The Morgan fingerprint density at radius 2 is 2.43 bits per heavy atom. The van der Waals surface area contributed by atoms with Crippen molar-refractivity contribution in [3.8, 4) is 0 Å². The maximum Gasteiger partial charge on any atom is 0.0535 e. The second-order valence-electron chi connectivity index (χ2n) is 3.25. The van der Waals surface area contributed by atoms with Gasteiger partial charge < -0.3 is 10.1 Å². The summed E-state index contributed by atoms with van der Waals surface area (Å²) in [5.41, 5.74) is 2.38. The molecule has 0 fully saturated rings. The molecular weight excluding hydrogens is 178 g/mol. The molecule has 0 spiro atoms. The summed E-state index contributed by atoms with van der Waals surface area (Å²) in [6, 6.07) is 0. The van der Waals surface area contributed by atoms with Gasteiger partial charge in [-0.2, -0.15) is 5.10 Å². The summed E-state index contributed by atoms with van der Waals surface area (Å²) in [4.78, 5) is 0. The largest absolute Gasteiger partial charge is 0.382 e. The minimum absolute atomic E-state index is 0.806. The van der Waals surface area contributed by atoms with E-state index in [2.05, 4.69) is 15.5 Å². The molecule has 1 rings (SSSR count). The molecule has 0 bridgehead atoms. The first-order valence-electron chi connectivity index (χ1n) is 5.12. The van der Waals surface area contributed by atoms with Crippen LogP contribution in [0.3, 0.4) is 0 Å². The zero-order chi connectivity index (χ0) is 10.2. The molecule has 0 atom stereocenters. The van der Waals surface area contributed by atoms with Crippen LogP contribution in [-0.2, 0) is 11.3 Å². The van der Waals surface area contributed by atoms with Gasteiger partial charge in [-0.3, -0.25) is 5.10 Å². The molecule has 0 aromatic carbocycles. The van der Waals surface area contributed by atoms with Gasteiger partial charge in [-0.25, -0.2) is 0 Å². The Kier molecular flexibility index (Phi) is 5.25. The Balaban J connectivity index is 2.02. The molecule has 0 amide bonds. The van der Waals surface area contributed by atoms with Crippen molar-refractivity contribution in [1.29, 1.82) is 0 Å². The first kappa shape index (κ1) is 11.2. The number of nitrogens with zero attached hydrogens (tertiary/aromatic N) is 1. The fourth-order valence-corrected chi connectivity index (χ4v) is 1.22. The molecule has 2 N–H and O–H groups in total. The molecule has 1 aromatic heterocycles. The molecule has 4 nitrogen and oxygen atoms in total. The van der Waals surface area contributed by atoms with Crippen molar-refractivity contribution in [2.24, 2.45) is 0 Å². The van der Waals surface area contributed by atoms with E-state index in [1.54, 1.807) is 0 Å². The van der Waals surface area contributed by atoms with Crippen molar-refractivity contribution < 1.29 is 4.74 Å². The second kappa shape index (κ2) is 6.56. The fourth-order valence-electron chi connectivity index (χ4n) is 1.22. The van der Waals surface area contributed by atoms with E-state index in [9.17, 15) is 0 Å². The average Bonchev–Trinajstić information content (AvgIpc) is 2.58. The van der Waals surface area contributed by atoms with Gasteiger partial charge in [0.05, 0.1) is 6.20 Å². The lowest BCUT2D eigenvalue weighted by Crippen LogP contribution is -2.16. The van der Waals surface area contributed by atoms with E-state index in [-0.39, 0.29) is 0 Å². The van der Waals surface area contributed by atoms with E-state index in [0.29, 0.717) is 0 Å². The average molecular weight is 197 g/mol. The number of hydrogen-bond acceptors (Lipinski definition) is 3. The highest BCUT2D eigenvalue weighted by atomic mass is 16.5. The first-order chi connectivity index (χ1) is 6.84. The first-order valence-corrected chi connectivity index (χ1v) is 5.12. The molecule has 80 valence electrons. The van der Waals surface area contributed by atoms with Crippen LogP contribution in [0.4, 0.5) is 0 Å². The van der Waals surface area contributed by atoms with E-state index in [4.69, 9.17) is 4.74 Å². The fraction of sp³-hybridized carbons (Fsp3) is 0.700. The van der Waals surface area contributed by atoms with Crippen molar-refractivity contribution in [3.63, 3.8) is 0 Å². The quantitative estimate of drug-likeness (QED) is 0.646. The minimum atomic E-state index is 0.806. The van der Waals surface area contributed by atoms with Gasteiger partial charge in [-0.05, 0) is 26.8 Å². The molecule has 0 unspecified atom stereocenters. The third kappa shape index (κ3) is 3.89. The number of ether oxygens (including phenoxy) is 1. The third-order valence-electron chi connectivity index (χ3n) is 2.10. The third-order valence-corrected chi connectivity index (χ3v) is 2.10. The number of aryl methyl sites for hydroxylation is 1. The number of H-pyrrole nitrogens is 1. The highest BCUT2D eigenvalue weighted by Crippen LogP contribution is 2.00. The lowest BCUT2D eigenvalue weighted by molar-refractivity contribution is 0.144. The van der Waals surface area contributed by atoms with Gasteiger partial charge in [0.2, 0.25) is 0 Å². The van der Waals surface area contributed by atoms with Crippen LogP contribution in [0, 0.1) is 6.92 Å². The van der Waals surface area contributed by atoms with Crippen LogP contribution in [0.25, 0.3) is 0 Å². The maximum atomic E-state index is 5.24. The Morgan fingerprint density at radius 1 is 1.57 bits per heavy atom. The summed E-state index contributed by atoms with van der Waals surface area (Å²) in [7, 11) is 0. The van der Waals surface area contributed by atoms with Gasteiger partial charge in [0, 0.05) is 31.0 Å².